The first-order chi connectivity index (χ1) is 9.49. The lowest BCUT2D eigenvalue weighted by molar-refractivity contribution is -0.131. The van der Waals surface area contributed by atoms with Crippen molar-refractivity contribution in [1.29, 1.82) is 0 Å². The van der Waals surface area contributed by atoms with Crippen molar-refractivity contribution in [3.05, 3.63) is 0 Å². The van der Waals surface area contributed by atoms with Crippen LogP contribution in [-0.4, -0.2) is 69.4 Å². The maximum atomic E-state index is 12.3. The Labute approximate surface area is 126 Å². The second-order valence-electron chi connectivity index (χ2n) is 5.23. The minimum absolute atomic E-state index is 0.107. The molecule has 0 atom stereocenters. The number of ether oxygens (including phenoxy) is 2. The average molecular weight is 303 g/mol. The number of nitrogens with one attached hydrogen (secondary N) is 1. The van der Waals surface area contributed by atoms with Crippen molar-refractivity contribution >= 4 is 23.1 Å². The van der Waals surface area contributed by atoms with E-state index in [1.807, 2.05) is 19.0 Å². The highest BCUT2D eigenvalue weighted by Crippen LogP contribution is 2.31. The van der Waals surface area contributed by atoms with Crippen LogP contribution in [0, 0.1) is 5.41 Å². The summed E-state index contributed by atoms with van der Waals surface area (Å²) in [5.74, 6) is -0.107. The summed E-state index contributed by atoms with van der Waals surface area (Å²) in [6, 6.07) is 0. The Kier molecular flexibility index (Phi) is 7.36. The van der Waals surface area contributed by atoms with Gasteiger partial charge in [-0.15, -0.1) is 0 Å². The van der Waals surface area contributed by atoms with Gasteiger partial charge in [-0.2, -0.15) is 0 Å². The van der Waals surface area contributed by atoms with Crippen LogP contribution in [0.15, 0.2) is 0 Å². The van der Waals surface area contributed by atoms with E-state index < -0.39 is 5.41 Å². The monoisotopic (exact) mass is 303 g/mol. The summed E-state index contributed by atoms with van der Waals surface area (Å²) >= 11 is 5.08. The van der Waals surface area contributed by atoms with E-state index >= 15 is 0 Å². The zero-order chi connectivity index (χ0) is 15.0. The minimum Gasteiger partial charge on any atom is -0.392 e. The van der Waals surface area contributed by atoms with Crippen LogP contribution in [0.4, 0.5) is 0 Å². The molecule has 0 aromatic carbocycles. The average Bonchev–Trinajstić information content (AvgIpc) is 2.42. The molecule has 6 nitrogen and oxygen atoms in total. The molecule has 1 rings (SSSR count). The third-order valence-electron chi connectivity index (χ3n) is 3.47. The zero-order valence-electron chi connectivity index (χ0n) is 12.3. The second kappa shape index (κ2) is 8.51. The summed E-state index contributed by atoms with van der Waals surface area (Å²) in [6.07, 6.45) is 1.10. The Balaban J connectivity index is 2.31. The van der Waals surface area contributed by atoms with Gasteiger partial charge in [0.2, 0.25) is 5.91 Å². The zero-order valence-corrected chi connectivity index (χ0v) is 13.1. The Bertz CT molecular complexity index is 331. The molecule has 1 heterocycles. The first-order valence-corrected chi connectivity index (χ1v) is 7.28. The predicted octanol–water partition coefficient (Wildman–Crippen LogP) is -0.236. The fraction of sp³-hybridized carbons (Fsp3) is 0.846. The van der Waals surface area contributed by atoms with Crippen LogP contribution in [-0.2, 0) is 14.3 Å². The minimum atomic E-state index is -0.753. The highest BCUT2D eigenvalue weighted by molar-refractivity contribution is 7.80. The number of nitrogens with two attached hydrogens (primary N) is 1. The van der Waals surface area contributed by atoms with Crippen molar-refractivity contribution in [2.24, 2.45) is 11.1 Å². The first kappa shape index (κ1) is 17.3. The van der Waals surface area contributed by atoms with E-state index in [1.54, 1.807) is 0 Å². The van der Waals surface area contributed by atoms with Gasteiger partial charge < -0.3 is 25.4 Å². The first-order valence-electron chi connectivity index (χ1n) is 6.87. The molecule has 0 spiro atoms. The summed E-state index contributed by atoms with van der Waals surface area (Å²) < 4.78 is 10.7. The number of amides is 1. The van der Waals surface area contributed by atoms with Gasteiger partial charge in [-0.25, -0.2) is 0 Å². The number of likely N-dealkylation sites (N-methyl/N-ethyl adjacent to an activating group) is 1. The van der Waals surface area contributed by atoms with Crippen LogP contribution in [0.3, 0.4) is 0 Å². The molecule has 0 radical (unpaired) electrons. The molecule has 0 bridgehead atoms. The number of carbonyl (C=O) groups excluding carboxylic acids is 1. The molecule has 1 aliphatic heterocycles. The van der Waals surface area contributed by atoms with E-state index in [0.717, 1.165) is 6.54 Å². The van der Waals surface area contributed by atoms with E-state index in [9.17, 15) is 4.79 Å². The number of carbonyl (C=O) groups is 1. The third kappa shape index (κ3) is 4.97. The van der Waals surface area contributed by atoms with Gasteiger partial charge in [-0.3, -0.25) is 4.79 Å². The number of thiocarbonyl (C=S) groups is 1. The van der Waals surface area contributed by atoms with Crippen LogP contribution < -0.4 is 11.1 Å². The number of nitrogens with zero attached hydrogens (tertiary/aromatic N) is 1. The second-order valence-corrected chi connectivity index (χ2v) is 5.67. The number of hydrogen-bond acceptors (Lipinski definition) is 5. The van der Waals surface area contributed by atoms with Gasteiger partial charge in [0, 0.05) is 26.3 Å². The van der Waals surface area contributed by atoms with Gasteiger partial charge in [0.1, 0.15) is 5.41 Å². The summed E-state index contributed by atoms with van der Waals surface area (Å²) in [7, 11) is 3.98. The molecule has 1 aliphatic rings. The molecule has 3 N–H and O–H groups in total. The summed E-state index contributed by atoms with van der Waals surface area (Å²) in [4.78, 5) is 14.6. The van der Waals surface area contributed by atoms with Crippen molar-refractivity contribution in [3.63, 3.8) is 0 Å². The van der Waals surface area contributed by atoms with Crippen molar-refractivity contribution in [2.75, 3.05) is 53.6 Å². The van der Waals surface area contributed by atoms with E-state index in [0.29, 0.717) is 45.8 Å². The SMILES string of the molecule is CN(C)CCOCCNC(=O)C1(C(N)=S)CCOCC1. The van der Waals surface area contributed by atoms with Crippen LogP contribution in [0.2, 0.25) is 0 Å². The summed E-state index contributed by atoms with van der Waals surface area (Å²) in [5, 5.41) is 2.86. The van der Waals surface area contributed by atoms with Crippen molar-refractivity contribution in [2.45, 2.75) is 12.8 Å². The molecule has 1 saturated heterocycles. The molecule has 0 unspecified atom stereocenters. The van der Waals surface area contributed by atoms with Gasteiger partial charge in [-0.1, -0.05) is 12.2 Å². The highest BCUT2D eigenvalue weighted by Gasteiger charge is 2.42. The molecule has 0 saturated carbocycles. The van der Waals surface area contributed by atoms with Crippen LogP contribution >= 0.6 is 12.2 Å². The maximum absolute atomic E-state index is 12.3. The molecule has 116 valence electrons. The normalized spacial score (nSPS) is 17.9. The van der Waals surface area contributed by atoms with Gasteiger partial charge in [0.25, 0.3) is 0 Å². The lowest BCUT2D eigenvalue weighted by Gasteiger charge is -2.34. The van der Waals surface area contributed by atoms with E-state index in [-0.39, 0.29) is 10.9 Å². The molecule has 7 heteroatoms. The third-order valence-corrected chi connectivity index (χ3v) is 3.86. The van der Waals surface area contributed by atoms with E-state index in [2.05, 4.69) is 5.32 Å². The summed E-state index contributed by atoms with van der Waals surface area (Å²) in [6.45, 7) is 3.51. The van der Waals surface area contributed by atoms with Crippen molar-refractivity contribution < 1.29 is 14.3 Å². The maximum Gasteiger partial charge on any atom is 0.233 e. The van der Waals surface area contributed by atoms with E-state index in [4.69, 9.17) is 27.4 Å². The van der Waals surface area contributed by atoms with Crippen molar-refractivity contribution in [3.8, 4) is 0 Å². The molecule has 20 heavy (non-hydrogen) atoms. The Hall–Kier alpha value is -0.760. The lowest BCUT2D eigenvalue weighted by atomic mass is 9.79. The van der Waals surface area contributed by atoms with Crippen molar-refractivity contribution in [1.82, 2.24) is 10.2 Å². The molecule has 0 aromatic rings. The fourth-order valence-corrected chi connectivity index (χ4v) is 2.36. The molecule has 1 fully saturated rings. The quantitative estimate of drug-likeness (QED) is 0.476. The predicted molar refractivity (Wildman–Crippen MR) is 81.7 cm³/mol. The Morgan fingerprint density at radius 1 is 1.40 bits per heavy atom. The molecule has 0 aromatic heterocycles. The van der Waals surface area contributed by atoms with Crippen LogP contribution in [0.25, 0.3) is 0 Å². The Morgan fingerprint density at radius 2 is 2.05 bits per heavy atom. The largest absolute Gasteiger partial charge is 0.392 e. The van der Waals surface area contributed by atoms with Crippen LogP contribution in [0.1, 0.15) is 12.8 Å². The standard InChI is InChI=1S/C13H25N3O3S/c1-16(2)6-10-19-9-5-15-12(17)13(11(14)20)3-7-18-8-4-13/h3-10H2,1-2H3,(H2,14,20)(H,15,17). The van der Waals surface area contributed by atoms with Gasteiger partial charge in [0.15, 0.2) is 0 Å². The smallest absolute Gasteiger partial charge is 0.233 e. The van der Waals surface area contributed by atoms with Gasteiger partial charge >= 0.3 is 0 Å². The topological polar surface area (TPSA) is 76.8 Å². The van der Waals surface area contributed by atoms with Gasteiger partial charge in [0.05, 0.1) is 18.2 Å². The summed E-state index contributed by atoms with van der Waals surface area (Å²) in [5.41, 5.74) is 5.01. The molecular formula is C13H25N3O3S. The van der Waals surface area contributed by atoms with E-state index in [1.165, 1.54) is 0 Å². The highest BCUT2D eigenvalue weighted by atomic mass is 32.1. The fourth-order valence-electron chi connectivity index (χ4n) is 2.06. The van der Waals surface area contributed by atoms with Gasteiger partial charge in [-0.05, 0) is 26.9 Å². The number of hydrogen-bond donors (Lipinski definition) is 2. The van der Waals surface area contributed by atoms with Crippen LogP contribution in [0.5, 0.6) is 0 Å². The molecule has 1 amide bonds. The molecule has 0 aliphatic carbocycles. The Morgan fingerprint density at radius 3 is 2.60 bits per heavy atom. The number of rotatable bonds is 8. The lowest BCUT2D eigenvalue weighted by Crippen LogP contribution is -2.52. The molecular weight excluding hydrogens is 278 g/mol.